The van der Waals surface area contributed by atoms with Crippen molar-refractivity contribution in [3.63, 3.8) is 0 Å². The van der Waals surface area contributed by atoms with E-state index >= 15 is 0 Å². The summed E-state index contributed by atoms with van der Waals surface area (Å²) in [6, 6.07) is 21.9. The molecule has 1 aromatic heterocycles. The Morgan fingerprint density at radius 3 is 2.31 bits per heavy atom. The maximum Gasteiger partial charge on any atom is 0.264 e. The highest BCUT2D eigenvalue weighted by atomic mass is 35.5. The topological polar surface area (TPSA) is 52.3 Å². The summed E-state index contributed by atoms with van der Waals surface area (Å²) in [5, 5.41) is 10.4. The molecule has 0 saturated carbocycles. The zero-order valence-corrected chi connectivity index (χ0v) is 19.0. The maximum atomic E-state index is 13.1. The molecule has 0 unspecified atom stereocenters. The van der Waals surface area contributed by atoms with Crippen molar-refractivity contribution in [3.05, 3.63) is 88.2 Å². The molecule has 0 bridgehead atoms. The zero-order chi connectivity index (χ0) is 22.7. The van der Waals surface area contributed by atoms with E-state index in [2.05, 4.69) is 27.7 Å². The number of piperazine rings is 1. The largest absolute Gasteiger partial charge is 0.368 e. The zero-order valence-electron chi connectivity index (χ0n) is 18.3. The summed E-state index contributed by atoms with van der Waals surface area (Å²) in [4.78, 5) is 17.1. The van der Waals surface area contributed by atoms with Gasteiger partial charge in [0.05, 0.1) is 0 Å². The van der Waals surface area contributed by atoms with Crippen LogP contribution in [0.5, 0.6) is 0 Å². The number of aromatic nitrogens is 1. The molecule has 0 aliphatic carbocycles. The molecule has 0 atom stereocenters. The average molecular weight is 445 g/mol. The number of rotatable bonds is 4. The SMILES string of the molecule is Cc1cc(/C=C(/C#N)C(=O)N2CCN(c3ccccc3)CC2)c(C)n1-c1cccc(Cl)c1. The molecule has 3 aromatic rings. The number of anilines is 1. The fraction of sp³-hybridized carbons (Fsp3) is 0.231. The Bertz CT molecular complexity index is 1200. The minimum absolute atomic E-state index is 0.157. The van der Waals surface area contributed by atoms with E-state index in [1.807, 2.05) is 62.4 Å². The number of hydrogen-bond donors (Lipinski definition) is 0. The van der Waals surface area contributed by atoms with Crippen LogP contribution in [0.15, 0.2) is 66.2 Å². The molecule has 6 heteroatoms. The molecule has 1 amide bonds. The van der Waals surface area contributed by atoms with Gasteiger partial charge in [-0.3, -0.25) is 4.79 Å². The standard InChI is InChI=1S/C26H25ClN4O/c1-19-15-21(20(2)31(19)25-10-6-7-23(27)17-25)16-22(18-28)26(32)30-13-11-29(12-14-30)24-8-4-3-5-9-24/h3-10,15-17H,11-14H2,1-2H3/b22-16-. The molecular weight excluding hydrogens is 420 g/mol. The molecule has 0 radical (unpaired) electrons. The first-order chi connectivity index (χ1) is 15.5. The van der Waals surface area contributed by atoms with Gasteiger partial charge in [0.2, 0.25) is 0 Å². The molecule has 1 aliphatic rings. The van der Waals surface area contributed by atoms with E-state index in [0.717, 1.165) is 41.4 Å². The second-order valence-corrected chi connectivity index (χ2v) is 8.36. The number of carbonyl (C=O) groups is 1. The van der Waals surface area contributed by atoms with Crippen LogP contribution in [0.1, 0.15) is 17.0 Å². The molecule has 0 N–H and O–H groups in total. The first-order valence-electron chi connectivity index (χ1n) is 10.6. The fourth-order valence-electron chi connectivity index (χ4n) is 4.22. The van der Waals surface area contributed by atoms with Crippen molar-refractivity contribution < 1.29 is 4.79 Å². The molecule has 162 valence electrons. The molecule has 1 fully saturated rings. The summed E-state index contributed by atoms with van der Waals surface area (Å²) in [7, 11) is 0. The first kappa shape index (κ1) is 21.7. The monoisotopic (exact) mass is 444 g/mol. The number of aryl methyl sites for hydroxylation is 1. The number of benzene rings is 2. The average Bonchev–Trinajstić information content (AvgIpc) is 3.10. The Kier molecular flexibility index (Phi) is 6.34. The van der Waals surface area contributed by atoms with Crippen molar-refractivity contribution in [2.24, 2.45) is 0 Å². The van der Waals surface area contributed by atoms with E-state index in [1.165, 1.54) is 0 Å². The summed E-state index contributed by atoms with van der Waals surface area (Å²) >= 11 is 6.17. The number of carbonyl (C=O) groups excluding carboxylic acids is 1. The van der Waals surface area contributed by atoms with Crippen LogP contribution in [-0.2, 0) is 4.79 Å². The van der Waals surface area contributed by atoms with E-state index in [-0.39, 0.29) is 11.5 Å². The normalized spacial score (nSPS) is 14.4. The number of nitrogens with zero attached hydrogens (tertiary/aromatic N) is 4. The van der Waals surface area contributed by atoms with Crippen LogP contribution in [-0.4, -0.2) is 41.6 Å². The lowest BCUT2D eigenvalue weighted by molar-refractivity contribution is -0.126. The van der Waals surface area contributed by atoms with Crippen molar-refractivity contribution in [1.29, 1.82) is 5.26 Å². The van der Waals surface area contributed by atoms with Crippen molar-refractivity contribution in [3.8, 4) is 11.8 Å². The van der Waals surface area contributed by atoms with Gasteiger partial charge >= 0.3 is 0 Å². The smallest absolute Gasteiger partial charge is 0.264 e. The maximum absolute atomic E-state index is 13.1. The highest BCUT2D eigenvalue weighted by molar-refractivity contribution is 6.30. The Labute approximate surface area is 193 Å². The van der Waals surface area contributed by atoms with E-state index < -0.39 is 0 Å². The lowest BCUT2D eigenvalue weighted by Crippen LogP contribution is -2.49. The van der Waals surface area contributed by atoms with Crippen LogP contribution >= 0.6 is 11.6 Å². The van der Waals surface area contributed by atoms with E-state index in [4.69, 9.17) is 11.6 Å². The Hall–Kier alpha value is -3.49. The molecule has 1 saturated heterocycles. The van der Waals surface area contributed by atoms with Crippen LogP contribution < -0.4 is 4.90 Å². The fourth-order valence-corrected chi connectivity index (χ4v) is 4.41. The van der Waals surface area contributed by atoms with Crippen molar-refractivity contribution >= 4 is 29.3 Å². The highest BCUT2D eigenvalue weighted by Crippen LogP contribution is 2.25. The minimum atomic E-state index is -0.215. The Morgan fingerprint density at radius 1 is 0.969 bits per heavy atom. The number of nitriles is 1. The molecule has 4 rings (SSSR count). The number of halogens is 1. The lowest BCUT2D eigenvalue weighted by atomic mass is 10.1. The molecule has 2 aromatic carbocycles. The quantitative estimate of drug-likeness (QED) is 0.420. The van der Waals surface area contributed by atoms with Gasteiger partial charge in [-0.15, -0.1) is 0 Å². The Morgan fingerprint density at radius 2 is 1.66 bits per heavy atom. The van der Waals surface area contributed by atoms with Gasteiger partial charge in [0.25, 0.3) is 5.91 Å². The number of amides is 1. The van der Waals surface area contributed by atoms with E-state index in [1.54, 1.807) is 11.0 Å². The van der Waals surface area contributed by atoms with E-state index in [9.17, 15) is 10.1 Å². The molecule has 1 aliphatic heterocycles. The summed E-state index contributed by atoms with van der Waals surface area (Å²) in [6.45, 7) is 6.66. The minimum Gasteiger partial charge on any atom is -0.368 e. The van der Waals surface area contributed by atoms with Crippen molar-refractivity contribution in [2.75, 3.05) is 31.1 Å². The van der Waals surface area contributed by atoms with Gasteiger partial charge in [-0.2, -0.15) is 5.26 Å². The second kappa shape index (κ2) is 9.33. The second-order valence-electron chi connectivity index (χ2n) is 7.93. The Balaban J connectivity index is 1.53. The highest BCUT2D eigenvalue weighted by Gasteiger charge is 2.24. The molecule has 5 nitrogen and oxygen atoms in total. The first-order valence-corrected chi connectivity index (χ1v) is 11.0. The van der Waals surface area contributed by atoms with Gasteiger partial charge in [-0.05, 0) is 61.9 Å². The van der Waals surface area contributed by atoms with Crippen LogP contribution in [0, 0.1) is 25.2 Å². The van der Waals surface area contributed by atoms with Crippen molar-refractivity contribution in [2.45, 2.75) is 13.8 Å². The van der Waals surface area contributed by atoms with Gasteiger partial charge in [0.15, 0.2) is 0 Å². The third-order valence-corrected chi connectivity index (χ3v) is 6.11. The third kappa shape index (κ3) is 4.42. The van der Waals surface area contributed by atoms with Gasteiger partial charge in [-0.25, -0.2) is 0 Å². The van der Waals surface area contributed by atoms with E-state index in [0.29, 0.717) is 18.1 Å². The number of hydrogen-bond acceptors (Lipinski definition) is 3. The third-order valence-electron chi connectivity index (χ3n) is 5.88. The van der Waals surface area contributed by atoms with Crippen LogP contribution in [0.4, 0.5) is 5.69 Å². The summed E-state index contributed by atoms with van der Waals surface area (Å²) in [6.07, 6.45) is 1.70. The lowest BCUT2D eigenvalue weighted by Gasteiger charge is -2.36. The summed E-state index contributed by atoms with van der Waals surface area (Å²) < 4.78 is 2.08. The van der Waals surface area contributed by atoms with Crippen molar-refractivity contribution in [1.82, 2.24) is 9.47 Å². The predicted molar refractivity (Wildman–Crippen MR) is 129 cm³/mol. The van der Waals surface area contributed by atoms with Crippen LogP contribution in [0.25, 0.3) is 11.8 Å². The van der Waals surface area contributed by atoms with Gasteiger partial charge in [0, 0.05) is 54.0 Å². The van der Waals surface area contributed by atoms with Gasteiger partial charge in [-0.1, -0.05) is 35.9 Å². The molecule has 0 spiro atoms. The molecule has 32 heavy (non-hydrogen) atoms. The summed E-state index contributed by atoms with van der Waals surface area (Å²) in [5.41, 5.74) is 5.09. The van der Waals surface area contributed by atoms with Crippen LogP contribution in [0.3, 0.4) is 0 Å². The van der Waals surface area contributed by atoms with Crippen LogP contribution in [0.2, 0.25) is 5.02 Å². The predicted octanol–water partition coefficient (Wildman–Crippen LogP) is 5.00. The number of para-hydroxylation sites is 1. The molecular formula is C26H25ClN4O. The molecule has 2 heterocycles. The van der Waals surface area contributed by atoms with Gasteiger partial charge < -0.3 is 14.4 Å². The summed E-state index contributed by atoms with van der Waals surface area (Å²) in [5.74, 6) is -0.215. The van der Waals surface area contributed by atoms with Gasteiger partial charge in [0.1, 0.15) is 11.6 Å².